The number of aromatic nitrogens is 1. The van der Waals surface area contributed by atoms with Crippen LogP contribution in [-0.2, 0) is 6.54 Å². The number of rotatable bonds is 5. The minimum absolute atomic E-state index is 0.142. The Hall–Kier alpha value is -2.88. The van der Waals surface area contributed by atoms with Crippen LogP contribution in [0.4, 0.5) is 0 Å². The first-order valence-corrected chi connectivity index (χ1v) is 7.55. The molecule has 4 heteroatoms. The second kappa shape index (κ2) is 6.92. The van der Waals surface area contributed by atoms with E-state index in [1.807, 2.05) is 55.5 Å². The molecule has 0 aliphatic heterocycles. The summed E-state index contributed by atoms with van der Waals surface area (Å²) in [5, 5.41) is 0. The molecule has 0 unspecified atom stereocenters. The highest BCUT2D eigenvalue weighted by Gasteiger charge is 2.25. The van der Waals surface area contributed by atoms with Gasteiger partial charge in [-0.25, -0.2) is 0 Å². The van der Waals surface area contributed by atoms with E-state index in [0.29, 0.717) is 12.3 Å². The third-order valence-corrected chi connectivity index (χ3v) is 3.77. The molecule has 4 nitrogen and oxygen atoms in total. The number of pyridine rings is 1. The smallest absolute Gasteiger partial charge is 0.290 e. The molecule has 0 radical (unpaired) electrons. The van der Waals surface area contributed by atoms with E-state index in [-0.39, 0.29) is 11.9 Å². The Morgan fingerprint density at radius 3 is 2.52 bits per heavy atom. The van der Waals surface area contributed by atoms with Gasteiger partial charge in [-0.05, 0) is 36.8 Å². The van der Waals surface area contributed by atoms with Crippen LogP contribution >= 0.6 is 0 Å². The van der Waals surface area contributed by atoms with E-state index in [4.69, 9.17) is 4.42 Å². The van der Waals surface area contributed by atoms with Crippen molar-refractivity contribution >= 4 is 5.91 Å². The van der Waals surface area contributed by atoms with Gasteiger partial charge in [-0.15, -0.1) is 0 Å². The highest BCUT2D eigenvalue weighted by atomic mass is 16.3. The number of benzene rings is 1. The summed E-state index contributed by atoms with van der Waals surface area (Å²) in [5.74, 6) is 0.195. The Morgan fingerprint density at radius 2 is 1.87 bits per heavy atom. The average molecular weight is 306 g/mol. The molecule has 0 saturated carbocycles. The molecule has 23 heavy (non-hydrogen) atoms. The number of hydrogen-bond donors (Lipinski definition) is 0. The topological polar surface area (TPSA) is 46.3 Å². The molecule has 116 valence electrons. The zero-order valence-electron chi connectivity index (χ0n) is 12.9. The first-order valence-electron chi connectivity index (χ1n) is 7.55. The van der Waals surface area contributed by atoms with Gasteiger partial charge in [-0.2, -0.15) is 0 Å². The molecule has 2 aromatic heterocycles. The minimum atomic E-state index is -0.158. The van der Waals surface area contributed by atoms with Crippen LogP contribution in [0.15, 0.2) is 77.5 Å². The van der Waals surface area contributed by atoms with E-state index in [9.17, 15) is 4.79 Å². The summed E-state index contributed by atoms with van der Waals surface area (Å²) in [6, 6.07) is 18.9. The maximum absolute atomic E-state index is 12.8. The molecule has 3 rings (SSSR count). The van der Waals surface area contributed by atoms with Crippen LogP contribution in [0.5, 0.6) is 0 Å². The molecular formula is C19H18N2O2. The van der Waals surface area contributed by atoms with Gasteiger partial charge < -0.3 is 9.32 Å². The Kier molecular flexibility index (Phi) is 4.52. The van der Waals surface area contributed by atoms with Crippen LogP contribution in [0, 0.1) is 0 Å². The average Bonchev–Trinajstić information content (AvgIpc) is 3.15. The van der Waals surface area contributed by atoms with Crippen LogP contribution in [0.1, 0.15) is 34.8 Å². The molecule has 0 N–H and O–H groups in total. The Morgan fingerprint density at radius 1 is 1.09 bits per heavy atom. The van der Waals surface area contributed by atoms with Gasteiger partial charge >= 0.3 is 0 Å². The Labute approximate surface area is 135 Å². The van der Waals surface area contributed by atoms with Crippen molar-refractivity contribution in [1.29, 1.82) is 0 Å². The molecule has 1 aromatic carbocycles. The fourth-order valence-electron chi connectivity index (χ4n) is 2.49. The summed E-state index contributed by atoms with van der Waals surface area (Å²) in [6.07, 6.45) is 3.25. The third-order valence-electron chi connectivity index (χ3n) is 3.77. The molecular weight excluding hydrogens is 288 g/mol. The van der Waals surface area contributed by atoms with E-state index >= 15 is 0 Å². The van der Waals surface area contributed by atoms with Gasteiger partial charge in [0, 0.05) is 12.7 Å². The summed E-state index contributed by atoms with van der Waals surface area (Å²) in [7, 11) is 0. The third kappa shape index (κ3) is 3.48. The van der Waals surface area contributed by atoms with Gasteiger partial charge in [0.1, 0.15) is 0 Å². The van der Waals surface area contributed by atoms with E-state index in [1.165, 1.54) is 6.26 Å². The normalized spacial score (nSPS) is 11.9. The maximum Gasteiger partial charge on any atom is 0.290 e. The van der Waals surface area contributed by atoms with Crippen molar-refractivity contribution in [2.45, 2.75) is 19.5 Å². The second-order valence-corrected chi connectivity index (χ2v) is 5.33. The molecule has 1 atom stereocenters. The number of amides is 1. The predicted octanol–water partition coefficient (Wildman–Crippen LogP) is 4.08. The highest BCUT2D eigenvalue weighted by Crippen LogP contribution is 2.23. The van der Waals surface area contributed by atoms with Crippen molar-refractivity contribution in [3.05, 3.63) is 90.1 Å². The van der Waals surface area contributed by atoms with Crippen LogP contribution in [0.25, 0.3) is 0 Å². The molecule has 1 amide bonds. The van der Waals surface area contributed by atoms with Crippen molar-refractivity contribution in [2.75, 3.05) is 0 Å². The quantitative estimate of drug-likeness (QED) is 0.713. The summed E-state index contributed by atoms with van der Waals surface area (Å²) < 4.78 is 5.29. The molecule has 0 aliphatic rings. The van der Waals surface area contributed by atoms with E-state index in [2.05, 4.69) is 4.98 Å². The minimum Gasteiger partial charge on any atom is -0.459 e. The fourth-order valence-corrected chi connectivity index (χ4v) is 2.49. The first kappa shape index (κ1) is 15.0. The standard InChI is InChI=1S/C19H18N2O2/c1-15(17-10-5-6-12-20-17)21(14-16-8-3-2-4-9-16)19(22)18-11-7-13-23-18/h2-13,15H,14H2,1H3/t15-/m0/s1. The molecule has 0 aliphatic carbocycles. The number of nitrogens with zero attached hydrogens (tertiary/aromatic N) is 2. The van der Waals surface area contributed by atoms with E-state index in [0.717, 1.165) is 11.3 Å². The Bertz CT molecular complexity index is 740. The summed E-state index contributed by atoms with van der Waals surface area (Å²) in [6.45, 7) is 2.48. The Balaban J connectivity index is 1.91. The van der Waals surface area contributed by atoms with Gasteiger partial charge in [0.15, 0.2) is 5.76 Å². The zero-order chi connectivity index (χ0) is 16.1. The van der Waals surface area contributed by atoms with Gasteiger partial charge in [-0.1, -0.05) is 36.4 Å². The SMILES string of the molecule is C[C@@H](c1ccccn1)N(Cc1ccccc1)C(=O)c1ccco1. The van der Waals surface area contributed by atoms with Gasteiger partial charge in [0.25, 0.3) is 5.91 Å². The molecule has 0 bridgehead atoms. The lowest BCUT2D eigenvalue weighted by atomic mass is 10.1. The molecule has 0 spiro atoms. The van der Waals surface area contributed by atoms with Crippen LogP contribution in [0.2, 0.25) is 0 Å². The van der Waals surface area contributed by atoms with Crippen LogP contribution < -0.4 is 0 Å². The molecule has 3 aromatic rings. The van der Waals surface area contributed by atoms with Crippen molar-refractivity contribution in [3.63, 3.8) is 0 Å². The van der Waals surface area contributed by atoms with Crippen molar-refractivity contribution < 1.29 is 9.21 Å². The number of hydrogen-bond acceptors (Lipinski definition) is 3. The van der Waals surface area contributed by atoms with Crippen LogP contribution in [0.3, 0.4) is 0 Å². The monoisotopic (exact) mass is 306 g/mol. The summed E-state index contributed by atoms with van der Waals surface area (Å²) in [5.41, 5.74) is 1.92. The van der Waals surface area contributed by atoms with Gasteiger partial charge in [0.2, 0.25) is 0 Å². The molecule has 0 fully saturated rings. The van der Waals surface area contributed by atoms with Crippen molar-refractivity contribution in [1.82, 2.24) is 9.88 Å². The van der Waals surface area contributed by atoms with Gasteiger partial charge in [-0.3, -0.25) is 9.78 Å². The summed E-state index contributed by atoms with van der Waals surface area (Å²) >= 11 is 0. The van der Waals surface area contributed by atoms with Gasteiger partial charge in [0.05, 0.1) is 18.0 Å². The lowest BCUT2D eigenvalue weighted by Crippen LogP contribution is -2.33. The summed E-state index contributed by atoms with van der Waals surface area (Å²) in [4.78, 5) is 19.0. The van der Waals surface area contributed by atoms with Crippen LogP contribution in [-0.4, -0.2) is 15.8 Å². The molecule has 0 saturated heterocycles. The maximum atomic E-state index is 12.8. The molecule has 2 heterocycles. The predicted molar refractivity (Wildman–Crippen MR) is 87.7 cm³/mol. The second-order valence-electron chi connectivity index (χ2n) is 5.33. The lowest BCUT2D eigenvalue weighted by molar-refractivity contribution is 0.0637. The number of furan rings is 1. The largest absolute Gasteiger partial charge is 0.459 e. The number of carbonyl (C=O) groups is 1. The lowest BCUT2D eigenvalue weighted by Gasteiger charge is -2.28. The van der Waals surface area contributed by atoms with Crippen molar-refractivity contribution in [2.24, 2.45) is 0 Å². The van der Waals surface area contributed by atoms with E-state index in [1.54, 1.807) is 23.2 Å². The number of carbonyl (C=O) groups excluding carboxylic acids is 1. The highest BCUT2D eigenvalue weighted by molar-refractivity contribution is 5.91. The van der Waals surface area contributed by atoms with E-state index < -0.39 is 0 Å². The fraction of sp³-hybridized carbons (Fsp3) is 0.158. The zero-order valence-corrected chi connectivity index (χ0v) is 12.9. The first-order chi connectivity index (χ1) is 11.3. The van der Waals surface area contributed by atoms with Crippen molar-refractivity contribution in [3.8, 4) is 0 Å².